The van der Waals surface area contributed by atoms with Crippen LogP contribution in [0.4, 0.5) is 4.39 Å². The molecule has 0 radical (unpaired) electrons. The molecular weight excluding hydrogens is 229 g/mol. The third-order valence-electron chi connectivity index (χ3n) is 1.68. The number of aromatic carboxylic acids is 1. The van der Waals surface area contributed by atoms with E-state index in [1.165, 1.54) is 18.2 Å². The van der Waals surface area contributed by atoms with Crippen LogP contribution < -0.4 is 5.32 Å². The maximum atomic E-state index is 12.5. The van der Waals surface area contributed by atoms with Crippen molar-refractivity contribution in [2.24, 2.45) is 0 Å². The minimum Gasteiger partial charge on any atom is -0.478 e. The van der Waals surface area contributed by atoms with E-state index in [2.05, 4.69) is 5.32 Å². The third-order valence-corrected chi connectivity index (χ3v) is 1.68. The highest BCUT2D eigenvalue weighted by atomic mass is 19.1. The SMILES string of the molecule is O=C(O)c1ccccc1F.OCCNCCO. The van der Waals surface area contributed by atoms with E-state index < -0.39 is 11.8 Å². The van der Waals surface area contributed by atoms with Gasteiger partial charge in [0.15, 0.2) is 0 Å². The molecule has 0 saturated carbocycles. The summed E-state index contributed by atoms with van der Waals surface area (Å²) in [4.78, 5) is 10.2. The first-order valence-corrected chi connectivity index (χ1v) is 5.03. The second kappa shape index (κ2) is 9.71. The van der Waals surface area contributed by atoms with Crippen molar-refractivity contribution in [3.05, 3.63) is 35.6 Å². The molecule has 0 saturated heterocycles. The lowest BCUT2D eigenvalue weighted by molar-refractivity contribution is 0.0692. The maximum absolute atomic E-state index is 12.5. The molecule has 1 rings (SSSR count). The summed E-state index contributed by atoms with van der Waals surface area (Å²) in [5.41, 5.74) is -0.289. The van der Waals surface area contributed by atoms with E-state index in [9.17, 15) is 9.18 Å². The van der Waals surface area contributed by atoms with E-state index in [0.29, 0.717) is 13.1 Å². The number of hydrogen-bond acceptors (Lipinski definition) is 4. The summed E-state index contributed by atoms with van der Waals surface area (Å²) in [6.45, 7) is 1.42. The Kier molecular flexibility index (Phi) is 8.85. The average Bonchev–Trinajstić information content (AvgIpc) is 2.31. The molecule has 0 unspecified atom stereocenters. The van der Waals surface area contributed by atoms with Gasteiger partial charge in [-0.2, -0.15) is 0 Å². The Hall–Kier alpha value is -1.50. The molecule has 0 aromatic heterocycles. The van der Waals surface area contributed by atoms with Crippen LogP contribution in [0, 0.1) is 5.82 Å². The second-order valence-corrected chi connectivity index (χ2v) is 2.98. The van der Waals surface area contributed by atoms with Crippen molar-refractivity contribution in [3.8, 4) is 0 Å². The van der Waals surface area contributed by atoms with Gasteiger partial charge in [-0.05, 0) is 12.1 Å². The fourth-order valence-corrected chi connectivity index (χ4v) is 0.918. The van der Waals surface area contributed by atoms with Crippen LogP contribution in [0.5, 0.6) is 0 Å². The minimum atomic E-state index is -1.24. The Balaban J connectivity index is 0.000000325. The number of hydrogen-bond donors (Lipinski definition) is 4. The quantitative estimate of drug-likeness (QED) is 0.552. The van der Waals surface area contributed by atoms with Gasteiger partial charge in [-0.15, -0.1) is 0 Å². The second-order valence-electron chi connectivity index (χ2n) is 2.98. The Labute approximate surface area is 98.5 Å². The highest BCUT2D eigenvalue weighted by Crippen LogP contribution is 2.04. The molecule has 1 aromatic carbocycles. The van der Waals surface area contributed by atoms with Crippen LogP contribution >= 0.6 is 0 Å². The van der Waals surface area contributed by atoms with E-state index in [0.717, 1.165) is 6.07 Å². The Morgan fingerprint density at radius 3 is 2.06 bits per heavy atom. The van der Waals surface area contributed by atoms with Crippen LogP contribution in [0.25, 0.3) is 0 Å². The van der Waals surface area contributed by atoms with Crippen molar-refractivity contribution in [1.29, 1.82) is 0 Å². The average molecular weight is 245 g/mol. The number of halogens is 1. The number of carboxylic acid groups (broad SMARTS) is 1. The molecule has 4 N–H and O–H groups in total. The van der Waals surface area contributed by atoms with Crippen LogP contribution in [-0.4, -0.2) is 47.6 Å². The van der Waals surface area contributed by atoms with E-state index in [1.807, 2.05) is 0 Å². The molecule has 0 atom stereocenters. The van der Waals surface area contributed by atoms with E-state index in [1.54, 1.807) is 0 Å². The van der Waals surface area contributed by atoms with Crippen LogP contribution in [0.3, 0.4) is 0 Å². The molecule has 17 heavy (non-hydrogen) atoms. The Bertz CT molecular complexity index is 329. The van der Waals surface area contributed by atoms with Gasteiger partial charge in [-0.1, -0.05) is 12.1 Å². The zero-order valence-electron chi connectivity index (χ0n) is 9.27. The lowest BCUT2D eigenvalue weighted by Gasteiger charge is -1.94. The van der Waals surface area contributed by atoms with Gasteiger partial charge in [0.05, 0.1) is 18.8 Å². The maximum Gasteiger partial charge on any atom is 0.338 e. The monoisotopic (exact) mass is 245 g/mol. The highest BCUT2D eigenvalue weighted by Gasteiger charge is 2.06. The van der Waals surface area contributed by atoms with E-state index in [-0.39, 0.29) is 18.8 Å². The first-order valence-electron chi connectivity index (χ1n) is 5.03. The van der Waals surface area contributed by atoms with E-state index >= 15 is 0 Å². The predicted octanol–water partition coefficient (Wildman–Crippen LogP) is 0.0845. The number of nitrogens with one attached hydrogen (secondary N) is 1. The third kappa shape index (κ3) is 7.40. The van der Waals surface area contributed by atoms with Crippen LogP contribution in [-0.2, 0) is 0 Å². The van der Waals surface area contributed by atoms with Gasteiger partial charge in [-0.25, -0.2) is 9.18 Å². The lowest BCUT2D eigenvalue weighted by Crippen LogP contribution is -2.21. The standard InChI is InChI=1S/C7H5FO2.C4H11NO2/c8-6-4-2-1-3-5(6)7(9)10;6-3-1-5-2-4-7/h1-4H,(H,9,10);5-7H,1-4H2. The van der Waals surface area contributed by atoms with Gasteiger partial charge in [-0.3, -0.25) is 0 Å². The summed E-state index contributed by atoms with van der Waals surface area (Å²) in [5, 5.41) is 27.4. The molecule has 5 nitrogen and oxygen atoms in total. The number of aliphatic hydroxyl groups excluding tert-OH is 2. The molecule has 0 aliphatic rings. The molecule has 0 heterocycles. The summed E-state index contributed by atoms with van der Waals surface area (Å²) >= 11 is 0. The zero-order valence-corrected chi connectivity index (χ0v) is 9.27. The lowest BCUT2D eigenvalue weighted by atomic mass is 10.2. The largest absolute Gasteiger partial charge is 0.478 e. The summed E-state index contributed by atoms with van der Waals surface area (Å²) in [6.07, 6.45) is 0. The topological polar surface area (TPSA) is 89.8 Å². The normalized spacial score (nSPS) is 9.35. The van der Waals surface area contributed by atoms with Crippen LogP contribution in [0.1, 0.15) is 10.4 Å². The van der Waals surface area contributed by atoms with Gasteiger partial charge in [0, 0.05) is 13.1 Å². The molecule has 0 aliphatic carbocycles. The fourth-order valence-electron chi connectivity index (χ4n) is 0.918. The number of rotatable bonds is 5. The van der Waals surface area contributed by atoms with Gasteiger partial charge >= 0.3 is 5.97 Å². The number of carboxylic acids is 1. The van der Waals surface area contributed by atoms with Gasteiger partial charge in [0.1, 0.15) is 5.82 Å². The molecule has 0 bridgehead atoms. The molecule has 0 fully saturated rings. The van der Waals surface area contributed by atoms with Gasteiger partial charge in [0.2, 0.25) is 0 Å². The van der Waals surface area contributed by atoms with Gasteiger partial charge < -0.3 is 20.6 Å². The Morgan fingerprint density at radius 2 is 1.71 bits per heavy atom. The Morgan fingerprint density at radius 1 is 1.18 bits per heavy atom. The molecular formula is C11H16FNO4. The van der Waals surface area contributed by atoms with Crippen molar-refractivity contribution in [2.45, 2.75) is 0 Å². The predicted molar refractivity (Wildman–Crippen MR) is 60.4 cm³/mol. The first-order chi connectivity index (χ1) is 8.13. The fraction of sp³-hybridized carbons (Fsp3) is 0.364. The molecule has 6 heteroatoms. The number of aliphatic hydroxyl groups is 2. The van der Waals surface area contributed by atoms with Crippen molar-refractivity contribution in [1.82, 2.24) is 5.32 Å². The number of carbonyl (C=O) groups is 1. The van der Waals surface area contributed by atoms with Crippen molar-refractivity contribution in [3.63, 3.8) is 0 Å². The first kappa shape index (κ1) is 15.5. The minimum absolute atomic E-state index is 0.139. The molecule has 0 spiro atoms. The van der Waals surface area contributed by atoms with Crippen molar-refractivity contribution < 1.29 is 24.5 Å². The van der Waals surface area contributed by atoms with Crippen LogP contribution in [0.2, 0.25) is 0 Å². The van der Waals surface area contributed by atoms with Crippen LogP contribution in [0.15, 0.2) is 24.3 Å². The molecule has 1 aromatic rings. The van der Waals surface area contributed by atoms with E-state index in [4.69, 9.17) is 15.3 Å². The highest BCUT2D eigenvalue weighted by molar-refractivity contribution is 5.87. The number of benzene rings is 1. The molecule has 0 aliphatic heterocycles. The van der Waals surface area contributed by atoms with Crippen molar-refractivity contribution in [2.75, 3.05) is 26.3 Å². The smallest absolute Gasteiger partial charge is 0.338 e. The molecule has 96 valence electrons. The summed E-state index contributed by atoms with van der Waals surface area (Å²) in [5.74, 6) is -1.94. The zero-order chi connectivity index (χ0) is 13.1. The molecule has 0 amide bonds. The van der Waals surface area contributed by atoms with Gasteiger partial charge in [0.25, 0.3) is 0 Å². The summed E-state index contributed by atoms with van der Waals surface area (Å²) in [7, 11) is 0. The summed E-state index contributed by atoms with van der Waals surface area (Å²) in [6, 6.07) is 5.26. The van der Waals surface area contributed by atoms with Crippen molar-refractivity contribution >= 4 is 5.97 Å². The summed E-state index contributed by atoms with van der Waals surface area (Å²) < 4.78 is 12.5.